The van der Waals surface area contributed by atoms with Crippen molar-refractivity contribution in [1.82, 2.24) is 4.90 Å². The Balaban J connectivity index is 2.22. The number of aromatic hydroxyl groups is 1. The zero-order valence-corrected chi connectivity index (χ0v) is 13.2. The Bertz CT molecular complexity index is 818. The Morgan fingerprint density at radius 2 is 2.00 bits per heavy atom. The molecule has 2 heterocycles. The molecule has 1 fully saturated rings. The summed E-state index contributed by atoms with van der Waals surface area (Å²) in [7, 11) is 0. The van der Waals surface area contributed by atoms with Gasteiger partial charge in [-0.15, -0.1) is 0 Å². The van der Waals surface area contributed by atoms with Crippen LogP contribution in [0.5, 0.6) is 5.75 Å². The van der Waals surface area contributed by atoms with Crippen molar-refractivity contribution in [2.45, 2.75) is 20.4 Å². The van der Waals surface area contributed by atoms with E-state index in [4.69, 9.17) is 9.15 Å². The van der Waals surface area contributed by atoms with Gasteiger partial charge in [-0.1, -0.05) is 0 Å². The largest absolute Gasteiger partial charge is 0.507 e. The predicted molar refractivity (Wildman–Crippen MR) is 85.1 cm³/mol. The van der Waals surface area contributed by atoms with Gasteiger partial charge in [-0.25, -0.2) is 4.79 Å². The molecule has 1 saturated heterocycles. The average Bonchev–Trinajstić information content (AvgIpc) is 2.55. The van der Waals surface area contributed by atoms with Crippen molar-refractivity contribution in [3.05, 3.63) is 38.7 Å². The molecule has 1 aromatic carbocycles. The summed E-state index contributed by atoms with van der Waals surface area (Å²) < 4.78 is 10.6. The van der Waals surface area contributed by atoms with Gasteiger partial charge >= 0.3 is 5.63 Å². The topological polar surface area (TPSA) is 80.0 Å². The molecule has 6 heteroatoms. The van der Waals surface area contributed by atoms with Gasteiger partial charge in [0, 0.05) is 30.6 Å². The number of carbonyl (C=O) groups excluding carboxylic acids is 1. The fraction of sp³-hybridized carbons (Fsp3) is 0.412. The highest BCUT2D eigenvalue weighted by Gasteiger charge is 2.20. The molecule has 0 spiro atoms. The van der Waals surface area contributed by atoms with Crippen LogP contribution in [-0.4, -0.2) is 42.6 Å². The van der Waals surface area contributed by atoms with Gasteiger partial charge in [-0.05, 0) is 31.0 Å². The Kier molecular flexibility index (Phi) is 4.19. The number of ether oxygens (including phenoxy) is 1. The third-order valence-corrected chi connectivity index (χ3v) is 4.36. The highest BCUT2D eigenvalue weighted by atomic mass is 16.5. The molecule has 0 radical (unpaired) electrons. The minimum absolute atomic E-state index is 0.0281. The fourth-order valence-corrected chi connectivity index (χ4v) is 2.94. The van der Waals surface area contributed by atoms with Crippen LogP contribution in [0.25, 0.3) is 11.0 Å². The Morgan fingerprint density at radius 3 is 2.65 bits per heavy atom. The summed E-state index contributed by atoms with van der Waals surface area (Å²) in [6.45, 7) is 6.94. The van der Waals surface area contributed by atoms with Crippen molar-refractivity contribution in [2.75, 3.05) is 26.3 Å². The van der Waals surface area contributed by atoms with E-state index in [-0.39, 0.29) is 16.9 Å². The highest BCUT2D eigenvalue weighted by molar-refractivity contribution is 5.99. The summed E-state index contributed by atoms with van der Waals surface area (Å²) in [4.78, 5) is 25.7. The Labute approximate surface area is 133 Å². The lowest BCUT2D eigenvalue weighted by Crippen LogP contribution is -2.36. The van der Waals surface area contributed by atoms with Crippen molar-refractivity contribution in [2.24, 2.45) is 0 Å². The van der Waals surface area contributed by atoms with Crippen LogP contribution in [-0.2, 0) is 11.3 Å². The first kappa shape index (κ1) is 15.7. The molecule has 1 aliphatic rings. The molecule has 1 N–H and O–H groups in total. The van der Waals surface area contributed by atoms with Gasteiger partial charge in [-0.2, -0.15) is 0 Å². The second-order valence-corrected chi connectivity index (χ2v) is 5.83. The van der Waals surface area contributed by atoms with Gasteiger partial charge in [0.1, 0.15) is 5.75 Å². The van der Waals surface area contributed by atoms with E-state index in [0.29, 0.717) is 42.6 Å². The van der Waals surface area contributed by atoms with Crippen molar-refractivity contribution < 1.29 is 19.1 Å². The quantitative estimate of drug-likeness (QED) is 0.686. The lowest BCUT2D eigenvalue weighted by Gasteiger charge is -2.27. The van der Waals surface area contributed by atoms with E-state index in [0.717, 1.165) is 18.7 Å². The SMILES string of the molecule is Cc1cc2c(CN3CCOCC3)c(C)c(=O)oc2c(C=O)c1O. The number of aryl methyl sites for hydroxylation is 1. The van der Waals surface area contributed by atoms with E-state index in [2.05, 4.69) is 4.90 Å². The molecule has 0 atom stereocenters. The maximum absolute atomic E-state index is 12.2. The number of nitrogens with zero attached hydrogens (tertiary/aromatic N) is 1. The van der Waals surface area contributed by atoms with Crippen LogP contribution in [0.1, 0.15) is 27.0 Å². The number of aldehydes is 1. The van der Waals surface area contributed by atoms with Gasteiger partial charge in [0.05, 0.1) is 18.8 Å². The van der Waals surface area contributed by atoms with Gasteiger partial charge in [0.15, 0.2) is 11.9 Å². The van der Waals surface area contributed by atoms with Gasteiger partial charge in [0.2, 0.25) is 0 Å². The molecule has 2 aromatic rings. The van der Waals surface area contributed by atoms with E-state index >= 15 is 0 Å². The summed E-state index contributed by atoms with van der Waals surface area (Å²) >= 11 is 0. The maximum Gasteiger partial charge on any atom is 0.339 e. The molecule has 1 aromatic heterocycles. The van der Waals surface area contributed by atoms with E-state index < -0.39 is 5.63 Å². The Hall–Kier alpha value is -2.18. The van der Waals surface area contributed by atoms with E-state index in [1.54, 1.807) is 19.9 Å². The first-order chi connectivity index (χ1) is 11.0. The number of hydrogen-bond acceptors (Lipinski definition) is 6. The molecule has 0 amide bonds. The number of morpholine rings is 1. The van der Waals surface area contributed by atoms with Crippen LogP contribution in [0.2, 0.25) is 0 Å². The summed E-state index contributed by atoms with van der Waals surface area (Å²) in [5, 5.41) is 10.7. The van der Waals surface area contributed by atoms with Crippen molar-refractivity contribution in [3.8, 4) is 5.75 Å². The standard InChI is InChI=1S/C17H19NO5/c1-10-7-12-13(8-18-3-5-22-6-4-18)11(2)17(21)23-16(12)14(9-19)15(10)20/h7,9,20H,3-6,8H2,1-2H3. The van der Waals surface area contributed by atoms with E-state index in [9.17, 15) is 14.7 Å². The second-order valence-electron chi connectivity index (χ2n) is 5.83. The number of phenolic OH excluding ortho intramolecular Hbond substituents is 1. The van der Waals surface area contributed by atoms with Crippen LogP contribution in [0.3, 0.4) is 0 Å². The van der Waals surface area contributed by atoms with E-state index in [1.165, 1.54) is 0 Å². The fourth-order valence-electron chi connectivity index (χ4n) is 2.94. The van der Waals surface area contributed by atoms with Gasteiger partial charge in [-0.3, -0.25) is 9.69 Å². The van der Waals surface area contributed by atoms with E-state index in [1.807, 2.05) is 0 Å². The third kappa shape index (κ3) is 2.75. The Morgan fingerprint density at radius 1 is 1.30 bits per heavy atom. The van der Waals surface area contributed by atoms with Crippen LogP contribution in [0, 0.1) is 13.8 Å². The average molecular weight is 317 g/mol. The zero-order valence-electron chi connectivity index (χ0n) is 13.2. The van der Waals surface area contributed by atoms with Gasteiger partial charge in [0.25, 0.3) is 0 Å². The van der Waals surface area contributed by atoms with Crippen LogP contribution in [0.15, 0.2) is 15.3 Å². The molecule has 0 saturated carbocycles. The second kappa shape index (κ2) is 6.14. The number of rotatable bonds is 3. The van der Waals surface area contributed by atoms with Crippen LogP contribution < -0.4 is 5.63 Å². The number of hydrogen-bond donors (Lipinski definition) is 1. The summed E-state index contributed by atoms with van der Waals surface area (Å²) in [6, 6.07) is 1.77. The van der Waals surface area contributed by atoms with Crippen LogP contribution in [0.4, 0.5) is 0 Å². The summed E-state index contributed by atoms with van der Waals surface area (Å²) in [5.41, 5.74) is 1.65. The van der Waals surface area contributed by atoms with Gasteiger partial charge < -0.3 is 14.3 Å². The number of phenols is 1. The summed E-state index contributed by atoms with van der Waals surface area (Å²) in [5.74, 6) is -0.142. The molecule has 3 rings (SSSR count). The minimum Gasteiger partial charge on any atom is -0.507 e. The highest BCUT2D eigenvalue weighted by Crippen LogP contribution is 2.32. The lowest BCUT2D eigenvalue weighted by molar-refractivity contribution is 0.0342. The van der Waals surface area contributed by atoms with Crippen molar-refractivity contribution in [3.63, 3.8) is 0 Å². The monoisotopic (exact) mass is 317 g/mol. The molecular weight excluding hydrogens is 298 g/mol. The smallest absolute Gasteiger partial charge is 0.339 e. The van der Waals surface area contributed by atoms with Crippen LogP contribution >= 0.6 is 0 Å². The number of carbonyl (C=O) groups is 1. The molecule has 6 nitrogen and oxygen atoms in total. The summed E-state index contributed by atoms with van der Waals surface area (Å²) in [6.07, 6.45) is 0.529. The molecule has 0 aliphatic carbocycles. The minimum atomic E-state index is -0.480. The predicted octanol–water partition coefficient (Wildman–Crippen LogP) is 1.76. The maximum atomic E-state index is 12.2. The molecule has 0 unspecified atom stereocenters. The molecular formula is C17H19NO5. The zero-order chi connectivity index (χ0) is 16.6. The molecule has 1 aliphatic heterocycles. The third-order valence-electron chi connectivity index (χ3n) is 4.36. The number of benzene rings is 1. The first-order valence-corrected chi connectivity index (χ1v) is 7.57. The number of fused-ring (bicyclic) bond motifs is 1. The molecule has 122 valence electrons. The van der Waals surface area contributed by atoms with Crippen molar-refractivity contribution in [1.29, 1.82) is 0 Å². The lowest BCUT2D eigenvalue weighted by atomic mass is 9.99. The first-order valence-electron chi connectivity index (χ1n) is 7.57. The normalized spacial score (nSPS) is 15.9. The molecule has 0 bridgehead atoms. The van der Waals surface area contributed by atoms with Crippen molar-refractivity contribution >= 4 is 17.3 Å². The molecule has 23 heavy (non-hydrogen) atoms.